The van der Waals surface area contributed by atoms with Gasteiger partial charge >= 0.3 is 0 Å². The van der Waals surface area contributed by atoms with Gasteiger partial charge in [0.1, 0.15) is 17.2 Å². The molecule has 0 fully saturated rings. The Morgan fingerprint density at radius 1 is 1.29 bits per heavy atom. The molecule has 1 aromatic carbocycles. The highest BCUT2D eigenvalue weighted by molar-refractivity contribution is 7.99. The summed E-state index contributed by atoms with van der Waals surface area (Å²) in [5.41, 5.74) is 6.43. The Labute approximate surface area is 103 Å². The molecule has 1 aromatic heterocycles. The number of nitrogens with two attached hydrogens (primary N) is 1. The molecule has 3 nitrogen and oxygen atoms in total. The summed E-state index contributed by atoms with van der Waals surface area (Å²) in [5.74, 6) is -0.236. The molecular weight excluding hydrogens is 237 g/mol. The van der Waals surface area contributed by atoms with Crippen molar-refractivity contribution >= 4 is 11.8 Å². The average molecular weight is 249 g/mol. The molecule has 17 heavy (non-hydrogen) atoms. The smallest absolute Gasteiger partial charge is 0.123 e. The van der Waals surface area contributed by atoms with Gasteiger partial charge in [0.2, 0.25) is 0 Å². The quantitative estimate of drug-likeness (QED) is 0.844. The van der Waals surface area contributed by atoms with Crippen molar-refractivity contribution in [1.82, 2.24) is 9.97 Å². The van der Waals surface area contributed by atoms with E-state index in [4.69, 9.17) is 5.73 Å². The molecule has 2 aromatic rings. The van der Waals surface area contributed by atoms with Crippen molar-refractivity contribution in [2.45, 2.75) is 16.3 Å². The molecular formula is C12H12FN3S. The molecule has 0 bridgehead atoms. The molecule has 0 aliphatic carbocycles. The van der Waals surface area contributed by atoms with Gasteiger partial charge in [-0.05, 0) is 42.8 Å². The minimum atomic E-state index is -0.236. The maximum absolute atomic E-state index is 13.1. The fourth-order valence-corrected chi connectivity index (χ4v) is 2.33. The van der Waals surface area contributed by atoms with Crippen LogP contribution < -0.4 is 5.73 Å². The van der Waals surface area contributed by atoms with Crippen molar-refractivity contribution in [2.24, 2.45) is 5.73 Å². The van der Waals surface area contributed by atoms with E-state index in [-0.39, 0.29) is 5.82 Å². The van der Waals surface area contributed by atoms with Crippen LogP contribution in [0.5, 0.6) is 0 Å². The molecule has 0 spiro atoms. The van der Waals surface area contributed by atoms with Crippen LogP contribution in [0.4, 0.5) is 4.39 Å². The van der Waals surface area contributed by atoms with E-state index in [0.717, 1.165) is 15.5 Å². The van der Waals surface area contributed by atoms with Crippen LogP contribution in [0.3, 0.4) is 0 Å². The van der Waals surface area contributed by atoms with Crippen LogP contribution >= 0.6 is 11.8 Å². The predicted octanol–water partition coefficient (Wildman–Crippen LogP) is 2.27. The molecule has 88 valence electrons. The fourth-order valence-electron chi connectivity index (χ4n) is 1.45. The molecule has 1 heterocycles. The first-order chi connectivity index (χ1) is 8.29. The molecule has 0 saturated heterocycles. The molecule has 0 saturated carbocycles. The average Bonchev–Trinajstić information content (AvgIpc) is 2.34. The summed E-state index contributed by atoms with van der Waals surface area (Å²) in [6.45, 7) is 0.501. The van der Waals surface area contributed by atoms with Gasteiger partial charge in [-0.15, -0.1) is 0 Å². The van der Waals surface area contributed by atoms with Gasteiger partial charge < -0.3 is 5.73 Å². The van der Waals surface area contributed by atoms with Crippen molar-refractivity contribution in [3.63, 3.8) is 0 Å². The van der Waals surface area contributed by atoms with E-state index in [2.05, 4.69) is 9.97 Å². The first-order valence-electron chi connectivity index (χ1n) is 5.22. The maximum atomic E-state index is 13.1. The lowest BCUT2D eigenvalue weighted by molar-refractivity contribution is 0.623. The molecule has 0 unspecified atom stereocenters. The van der Waals surface area contributed by atoms with Gasteiger partial charge in [0.05, 0.1) is 0 Å². The lowest BCUT2D eigenvalue weighted by Gasteiger charge is -2.07. The Bertz CT molecular complexity index is 490. The summed E-state index contributed by atoms with van der Waals surface area (Å²) in [6, 6.07) is 6.55. The monoisotopic (exact) mass is 249 g/mol. The van der Waals surface area contributed by atoms with Gasteiger partial charge in [-0.2, -0.15) is 0 Å². The molecule has 2 N–H and O–H groups in total. The Morgan fingerprint density at radius 3 is 2.88 bits per heavy atom. The van der Waals surface area contributed by atoms with E-state index in [9.17, 15) is 4.39 Å². The number of rotatable bonds is 4. The molecule has 2 rings (SSSR count). The minimum absolute atomic E-state index is 0.236. The maximum Gasteiger partial charge on any atom is 0.123 e. The third-order valence-electron chi connectivity index (χ3n) is 2.21. The van der Waals surface area contributed by atoms with E-state index in [1.165, 1.54) is 30.2 Å². The largest absolute Gasteiger partial charge is 0.330 e. The minimum Gasteiger partial charge on any atom is -0.330 e. The zero-order valence-corrected chi connectivity index (χ0v) is 9.95. The lowest BCUT2D eigenvalue weighted by atomic mass is 10.1. The van der Waals surface area contributed by atoms with Crippen LogP contribution in [0.25, 0.3) is 0 Å². The summed E-state index contributed by atoms with van der Waals surface area (Å²) >= 11 is 1.49. The van der Waals surface area contributed by atoms with Crippen LogP contribution in [0, 0.1) is 5.82 Å². The van der Waals surface area contributed by atoms with Crippen molar-refractivity contribution in [2.75, 3.05) is 6.54 Å². The second-order valence-corrected chi connectivity index (χ2v) is 4.50. The Kier molecular flexibility index (Phi) is 4.06. The van der Waals surface area contributed by atoms with Crippen molar-refractivity contribution < 1.29 is 4.39 Å². The van der Waals surface area contributed by atoms with Crippen LogP contribution in [-0.2, 0) is 6.42 Å². The standard InChI is InChI=1S/C12H12FN3S/c13-10-1-2-11(9(7-10)3-5-14)17-12-4-6-15-8-16-12/h1-2,4,6-8H,3,5,14H2. The Morgan fingerprint density at radius 2 is 2.18 bits per heavy atom. The molecule has 0 amide bonds. The second kappa shape index (κ2) is 5.75. The first kappa shape index (κ1) is 12.0. The number of halogens is 1. The Balaban J connectivity index is 2.26. The fraction of sp³-hybridized carbons (Fsp3) is 0.167. The highest BCUT2D eigenvalue weighted by atomic mass is 32.2. The van der Waals surface area contributed by atoms with E-state index in [0.29, 0.717) is 13.0 Å². The third-order valence-corrected chi connectivity index (χ3v) is 3.27. The zero-order chi connectivity index (χ0) is 12.1. The van der Waals surface area contributed by atoms with E-state index < -0.39 is 0 Å². The predicted molar refractivity (Wildman–Crippen MR) is 65.3 cm³/mol. The van der Waals surface area contributed by atoms with Gasteiger partial charge in [0, 0.05) is 11.1 Å². The topological polar surface area (TPSA) is 51.8 Å². The normalized spacial score (nSPS) is 10.5. The second-order valence-electron chi connectivity index (χ2n) is 3.44. The van der Waals surface area contributed by atoms with E-state index >= 15 is 0 Å². The molecule has 5 heteroatoms. The van der Waals surface area contributed by atoms with E-state index in [1.54, 1.807) is 12.3 Å². The van der Waals surface area contributed by atoms with Gasteiger partial charge in [-0.1, -0.05) is 11.8 Å². The Hall–Kier alpha value is -1.46. The van der Waals surface area contributed by atoms with Crippen LogP contribution in [0.1, 0.15) is 5.56 Å². The first-order valence-corrected chi connectivity index (χ1v) is 6.03. The van der Waals surface area contributed by atoms with Gasteiger partial charge in [0.15, 0.2) is 0 Å². The molecule has 0 atom stereocenters. The molecule has 0 aliphatic heterocycles. The van der Waals surface area contributed by atoms with Crippen molar-refractivity contribution in [3.8, 4) is 0 Å². The highest BCUT2D eigenvalue weighted by Crippen LogP contribution is 2.29. The van der Waals surface area contributed by atoms with Crippen LogP contribution in [0.2, 0.25) is 0 Å². The van der Waals surface area contributed by atoms with Gasteiger partial charge in [-0.3, -0.25) is 0 Å². The summed E-state index contributed by atoms with van der Waals surface area (Å²) < 4.78 is 13.1. The number of hydrogen-bond acceptors (Lipinski definition) is 4. The van der Waals surface area contributed by atoms with Crippen LogP contribution in [0.15, 0.2) is 46.7 Å². The zero-order valence-electron chi connectivity index (χ0n) is 9.14. The summed E-state index contributed by atoms with van der Waals surface area (Å²) in [5, 5.41) is 0.838. The SMILES string of the molecule is NCCc1cc(F)ccc1Sc1ccncn1. The van der Waals surface area contributed by atoms with Gasteiger partial charge in [-0.25, -0.2) is 14.4 Å². The lowest BCUT2D eigenvalue weighted by Crippen LogP contribution is -2.04. The van der Waals surface area contributed by atoms with Crippen LogP contribution in [-0.4, -0.2) is 16.5 Å². The number of aromatic nitrogens is 2. The summed E-state index contributed by atoms with van der Waals surface area (Å²) in [6.07, 6.45) is 3.83. The van der Waals surface area contributed by atoms with Crippen molar-refractivity contribution in [1.29, 1.82) is 0 Å². The van der Waals surface area contributed by atoms with Gasteiger partial charge in [0.25, 0.3) is 0 Å². The third kappa shape index (κ3) is 3.25. The van der Waals surface area contributed by atoms with E-state index in [1.807, 2.05) is 6.07 Å². The molecule has 0 aliphatic rings. The number of hydrogen-bond donors (Lipinski definition) is 1. The number of benzene rings is 1. The summed E-state index contributed by atoms with van der Waals surface area (Å²) in [4.78, 5) is 8.96. The molecule has 0 radical (unpaired) electrons. The van der Waals surface area contributed by atoms with Crippen molar-refractivity contribution in [3.05, 3.63) is 48.2 Å². The summed E-state index contributed by atoms with van der Waals surface area (Å²) in [7, 11) is 0. The highest BCUT2D eigenvalue weighted by Gasteiger charge is 2.06. The number of nitrogens with zero attached hydrogens (tertiary/aromatic N) is 2.